The van der Waals surface area contributed by atoms with E-state index in [1.165, 1.54) is 0 Å². The molecular formula is C14H15NO2S2. The minimum absolute atomic E-state index is 0.161. The minimum Gasteiger partial charge on any atom is -0.382 e. The summed E-state index contributed by atoms with van der Waals surface area (Å²) in [6, 6.07) is 7.79. The van der Waals surface area contributed by atoms with E-state index >= 15 is 0 Å². The van der Waals surface area contributed by atoms with Gasteiger partial charge >= 0.3 is 0 Å². The largest absolute Gasteiger partial charge is 0.382 e. The molecule has 2 aromatic heterocycles. The summed E-state index contributed by atoms with van der Waals surface area (Å²) in [6.45, 7) is 0.567. The lowest BCUT2D eigenvalue weighted by molar-refractivity contribution is -0.122. The SMILES string of the molecule is O=C(NCc1ccc(C(O)c2cccs2)s1)C1CC1. The molecule has 3 rings (SSSR count). The van der Waals surface area contributed by atoms with Gasteiger partial charge in [0.2, 0.25) is 5.91 Å². The number of thiophene rings is 2. The fraction of sp³-hybridized carbons (Fsp3) is 0.357. The van der Waals surface area contributed by atoms with Crippen LogP contribution < -0.4 is 5.32 Å². The minimum atomic E-state index is -0.544. The Labute approximate surface area is 119 Å². The third-order valence-corrected chi connectivity index (χ3v) is 5.21. The standard InChI is InChI=1S/C14H15NO2S2/c16-13(11-2-1-7-18-11)12-6-5-10(19-12)8-15-14(17)9-3-4-9/h1-2,5-7,9,13,16H,3-4,8H2,(H,15,17). The maximum absolute atomic E-state index is 11.6. The quantitative estimate of drug-likeness (QED) is 0.890. The summed E-state index contributed by atoms with van der Waals surface area (Å²) >= 11 is 3.11. The summed E-state index contributed by atoms with van der Waals surface area (Å²) in [5.74, 6) is 0.407. The topological polar surface area (TPSA) is 49.3 Å². The number of amides is 1. The van der Waals surface area contributed by atoms with E-state index in [4.69, 9.17) is 0 Å². The van der Waals surface area contributed by atoms with Crippen LogP contribution in [0, 0.1) is 5.92 Å². The zero-order valence-corrected chi connectivity index (χ0v) is 12.0. The molecule has 19 heavy (non-hydrogen) atoms. The van der Waals surface area contributed by atoms with Crippen LogP contribution in [0.1, 0.15) is 33.6 Å². The fourth-order valence-electron chi connectivity index (χ4n) is 1.89. The highest BCUT2D eigenvalue weighted by molar-refractivity contribution is 7.12. The summed E-state index contributed by atoms with van der Waals surface area (Å²) in [7, 11) is 0. The van der Waals surface area contributed by atoms with Crippen LogP contribution in [0.3, 0.4) is 0 Å². The molecule has 1 amide bonds. The number of carbonyl (C=O) groups is 1. The smallest absolute Gasteiger partial charge is 0.223 e. The van der Waals surface area contributed by atoms with E-state index in [0.29, 0.717) is 6.54 Å². The Morgan fingerprint density at radius 1 is 1.37 bits per heavy atom. The number of carbonyl (C=O) groups excluding carboxylic acids is 1. The molecule has 1 atom stereocenters. The van der Waals surface area contributed by atoms with Gasteiger partial charge in [0.05, 0.1) is 6.54 Å². The summed E-state index contributed by atoms with van der Waals surface area (Å²) in [5, 5.41) is 15.1. The Bertz CT molecular complexity index is 558. The first kappa shape index (κ1) is 12.8. The highest BCUT2D eigenvalue weighted by Gasteiger charge is 2.29. The maximum atomic E-state index is 11.6. The number of aliphatic hydroxyl groups excluding tert-OH is 1. The van der Waals surface area contributed by atoms with Crippen LogP contribution in [0.2, 0.25) is 0 Å². The van der Waals surface area contributed by atoms with Crippen LogP contribution in [0.5, 0.6) is 0 Å². The van der Waals surface area contributed by atoms with Gasteiger partial charge in [-0.3, -0.25) is 4.79 Å². The van der Waals surface area contributed by atoms with Gasteiger partial charge in [-0.15, -0.1) is 22.7 Å². The zero-order chi connectivity index (χ0) is 13.2. The summed E-state index contributed by atoms with van der Waals surface area (Å²) in [5.41, 5.74) is 0. The molecular weight excluding hydrogens is 278 g/mol. The first-order valence-electron chi connectivity index (χ1n) is 6.32. The molecule has 1 fully saturated rings. The number of hydrogen-bond donors (Lipinski definition) is 2. The first-order valence-corrected chi connectivity index (χ1v) is 8.01. The third-order valence-electron chi connectivity index (χ3n) is 3.15. The maximum Gasteiger partial charge on any atom is 0.223 e. The molecule has 2 aromatic rings. The Kier molecular flexibility index (Phi) is 3.68. The van der Waals surface area contributed by atoms with Gasteiger partial charge in [-0.2, -0.15) is 0 Å². The molecule has 1 saturated carbocycles. The van der Waals surface area contributed by atoms with Gasteiger partial charge in [-0.25, -0.2) is 0 Å². The molecule has 100 valence electrons. The molecule has 2 N–H and O–H groups in total. The zero-order valence-electron chi connectivity index (χ0n) is 10.3. The van der Waals surface area contributed by atoms with E-state index in [-0.39, 0.29) is 11.8 Å². The number of rotatable bonds is 5. The van der Waals surface area contributed by atoms with Gasteiger partial charge in [-0.1, -0.05) is 6.07 Å². The number of nitrogens with one attached hydrogen (secondary N) is 1. The lowest BCUT2D eigenvalue weighted by atomic mass is 10.2. The van der Waals surface area contributed by atoms with Crippen molar-refractivity contribution in [3.8, 4) is 0 Å². The van der Waals surface area contributed by atoms with Gasteiger partial charge in [-0.05, 0) is 36.4 Å². The number of aliphatic hydroxyl groups is 1. The molecule has 1 unspecified atom stereocenters. The van der Waals surface area contributed by atoms with E-state index in [1.54, 1.807) is 22.7 Å². The van der Waals surface area contributed by atoms with Crippen LogP contribution >= 0.6 is 22.7 Å². The Balaban J connectivity index is 1.61. The van der Waals surface area contributed by atoms with Gasteiger partial charge in [0.25, 0.3) is 0 Å². The van der Waals surface area contributed by atoms with Crippen molar-refractivity contribution in [2.45, 2.75) is 25.5 Å². The molecule has 0 aliphatic heterocycles. The predicted octanol–water partition coefficient (Wildman–Crippen LogP) is 2.92. The normalized spacial score (nSPS) is 16.3. The molecule has 0 aromatic carbocycles. The van der Waals surface area contributed by atoms with Crippen molar-refractivity contribution in [2.24, 2.45) is 5.92 Å². The second-order valence-electron chi connectivity index (χ2n) is 4.71. The predicted molar refractivity (Wildman–Crippen MR) is 77.3 cm³/mol. The molecule has 0 radical (unpaired) electrons. The molecule has 0 bridgehead atoms. The summed E-state index contributed by atoms with van der Waals surface area (Å²) in [4.78, 5) is 14.5. The van der Waals surface area contributed by atoms with Gasteiger partial charge in [0, 0.05) is 20.5 Å². The molecule has 0 saturated heterocycles. The van der Waals surface area contributed by atoms with Crippen LogP contribution in [-0.4, -0.2) is 11.0 Å². The summed E-state index contributed by atoms with van der Waals surface area (Å²) in [6.07, 6.45) is 1.51. The number of hydrogen-bond acceptors (Lipinski definition) is 4. The average molecular weight is 293 g/mol. The van der Waals surface area contributed by atoms with E-state index in [9.17, 15) is 9.90 Å². The van der Waals surface area contributed by atoms with E-state index in [2.05, 4.69) is 5.32 Å². The fourth-order valence-corrected chi connectivity index (χ4v) is 3.65. The van der Waals surface area contributed by atoms with Crippen LogP contribution in [-0.2, 0) is 11.3 Å². The lowest BCUT2D eigenvalue weighted by Gasteiger charge is -2.05. The molecule has 3 nitrogen and oxygen atoms in total. The molecule has 2 heterocycles. The van der Waals surface area contributed by atoms with Crippen LogP contribution in [0.15, 0.2) is 29.6 Å². The monoisotopic (exact) mass is 293 g/mol. The van der Waals surface area contributed by atoms with E-state index in [1.807, 2.05) is 29.6 Å². The van der Waals surface area contributed by atoms with Crippen LogP contribution in [0.4, 0.5) is 0 Å². The van der Waals surface area contributed by atoms with Crippen molar-refractivity contribution in [1.29, 1.82) is 0 Å². The van der Waals surface area contributed by atoms with Crippen LogP contribution in [0.25, 0.3) is 0 Å². The van der Waals surface area contributed by atoms with E-state index in [0.717, 1.165) is 27.5 Å². The summed E-state index contributed by atoms with van der Waals surface area (Å²) < 4.78 is 0. The van der Waals surface area contributed by atoms with Crippen molar-refractivity contribution in [2.75, 3.05) is 0 Å². The van der Waals surface area contributed by atoms with Crippen molar-refractivity contribution >= 4 is 28.6 Å². The van der Waals surface area contributed by atoms with Gasteiger partial charge < -0.3 is 10.4 Å². The van der Waals surface area contributed by atoms with Crippen molar-refractivity contribution in [3.05, 3.63) is 44.3 Å². The van der Waals surface area contributed by atoms with Crippen molar-refractivity contribution in [1.82, 2.24) is 5.32 Å². The van der Waals surface area contributed by atoms with Gasteiger partial charge in [0.15, 0.2) is 0 Å². The second kappa shape index (κ2) is 5.45. The Morgan fingerprint density at radius 3 is 2.89 bits per heavy atom. The Morgan fingerprint density at radius 2 is 2.21 bits per heavy atom. The Hall–Kier alpha value is -1.17. The molecule has 1 aliphatic rings. The highest BCUT2D eigenvalue weighted by atomic mass is 32.1. The molecule has 0 spiro atoms. The molecule has 5 heteroatoms. The second-order valence-corrected chi connectivity index (χ2v) is 6.89. The third kappa shape index (κ3) is 3.05. The van der Waals surface area contributed by atoms with E-state index < -0.39 is 6.10 Å². The lowest BCUT2D eigenvalue weighted by Crippen LogP contribution is -2.23. The highest BCUT2D eigenvalue weighted by Crippen LogP contribution is 2.31. The van der Waals surface area contributed by atoms with Crippen molar-refractivity contribution in [3.63, 3.8) is 0 Å². The molecule has 1 aliphatic carbocycles. The first-order chi connectivity index (χ1) is 9.24. The average Bonchev–Trinajstić information content (AvgIpc) is 2.95. The van der Waals surface area contributed by atoms with Gasteiger partial charge in [0.1, 0.15) is 6.10 Å². The van der Waals surface area contributed by atoms with Crippen molar-refractivity contribution < 1.29 is 9.90 Å².